The number of rotatable bonds is 4. The molecule has 0 saturated carbocycles. The van der Waals surface area contributed by atoms with Gasteiger partial charge in [-0.05, 0) is 24.3 Å². The summed E-state index contributed by atoms with van der Waals surface area (Å²) in [5.74, 6) is 0.745. The summed E-state index contributed by atoms with van der Waals surface area (Å²) >= 11 is 3.16. The summed E-state index contributed by atoms with van der Waals surface area (Å²) in [7, 11) is 1.59. The molecule has 15 heavy (non-hydrogen) atoms. The molecular formula is C10H12BrNO3. The number of benzene rings is 1. The Morgan fingerprint density at radius 2 is 2.07 bits per heavy atom. The number of anilines is 1. The summed E-state index contributed by atoms with van der Waals surface area (Å²) in [6.07, 6.45) is -0.459. The number of carbonyl (C=O) groups excluding carboxylic acids is 1. The summed E-state index contributed by atoms with van der Waals surface area (Å²) in [6.45, 7) is 0.349. The minimum absolute atomic E-state index is 0.349. The molecule has 1 aromatic carbocycles. The Kier molecular flexibility index (Phi) is 4.97. The molecular weight excluding hydrogens is 262 g/mol. The molecule has 4 nitrogen and oxygen atoms in total. The molecule has 0 bridgehead atoms. The predicted molar refractivity (Wildman–Crippen MR) is 61.8 cm³/mol. The molecule has 0 aliphatic rings. The van der Waals surface area contributed by atoms with Gasteiger partial charge in [-0.15, -0.1) is 0 Å². The van der Waals surface area contributed by atoms with Crippen molar-refractivity contribution in [3.8, 4) is 5.75 Å². The first-order chi connectivity index (χ1) is 7.26. The van der Waals surface area contributed by atoms with Crippen molar-refractivity contribution in [3.05, 3.63) is 24.3 Å². The van der Waals surface area contributed by atoms with Gasteiger partial charge in [0.2, 0.25) is 0 Å². The quantitative estimate of drug-likeness (QED) is 0.858. The van der Waals surface area contributed by atoms with Crippen molar-refractivity contribution in [1.29, 1.82) is 0 Å². The minimum atomic E-state index is -0.459. The van der Waals surface area contributed by atoms with Crippen LogP contribution in [0.1, 0.15) is 0 Å². The van der Waals surface area contributed by atoms with E-state index in [0.717, 1.165) is 5.75 Å². The van der Waals surface area contributed by atoms with Crippen LogP contribution in [-0.2, 0) is 4.74 Å². The van der Waals surface area contributed by atoms with E-state index in [2.05, 4.69) is 21.2 Å². The van der Waals surface area contributed by atoms with E-state index >= 15 is 0 Å². The highest BCUT2D eigenvalue weighted by Gasteiger charge is 2.01. The Labute approximate surface area is 96.7 Å². The SMILES string of the molecule is COc1ccc(NC(=O)OCCBr)cc1. The van der Waals surface area contributed by atoms with Crippen LogP contribution >= 0.6 is 15.9 Å². The van der Waals surface area contributed by atoms with E-state index in [1.165, 1.54) is 0 Å². The number of halogens is 1. The van der Waals surface area contributed by atoms with Gasteiger partial charge in [0.05, 0.1) is 7.11 Å². The fourth-order valence-corrected chi connectivity index (χ4v) is 1.12. The second-order valence-corrected chi connectivity index (χ2v) is 3.47. The second kappa shape index (κ2) is 6.29. The van der Waals surface area contributed by atoms with Crippen molar-refractivity contribution in [2.45, 2.75) is 0 Å². The Hall–Kier alpha value is -1.23. The van der Waals surface area contributed by atoms with Crippen molar-refractivity contribution in [2.75, 3.05) is 24.4 Å². The van der Waals surface area contributed by atoms with Crippen LogP contribution in [0.4, 0.5) is 10.5 Å². The molecule has 82 valence electrons. The molecule has 0 spiro atoms. The molecule has 0 radical (unpaired) electrons. The molecule has 0 aliphatic carbocycles. The van der Waals surface area contributed by atoms with Gasteiger partial charge in [-0.3, -0.25) is 5.32 Å². The summed E-state index contributed by atoms with van der Waals surface area (Å²) in [5.41, 5.74) is 0.676. The van der Waals surface area contributed by atoms with Crippen LogP contribution in [-0.4, -0.2) is 25.1 Å². The molecule has 0 heterocycles. The summed E-state index contributed by atoms with van der Waals surface area (Å²) in [6, 6.07) is 7.02. The molecule has 1 rings (SSSR count). The van der Waals surface area contributed by atoms with Crippen molar-refractivity contribution in [1.82, 2.24) is 0 Å². The number of hydrogen-bond acceptors (Lipinski definition) is 3. The highest BCUT2D eigenvalue weighted by molar-refractivity contribution is 9.09. The van der Waals surface area contributed by atoms with E-state index in [0.29, 0.717) is 17.6 Å². The van der Waals surface area contributed by atoms with E-state index in [9.17, 15) is 4.79 Å². The summed E-state index contributed by atoms with van der Waals surface area (Å²) in [5, 5.41) is 3.22. The third-order valence-electron chi connectivity index (χ3n) is 1.65. The van der Waals surface area contributed by atoms with Gasteiger partial charge in [-0.25, -0.2) is 4.79 Å². The maximum atomic E-state index is 11.1. The van der Waals surface area contributed by atoms with Gasteiger partial charge in [0, 0.05) is 11.0 Å². The van der Waals surface area contributed by atoms with E-state index in [1.807, 2.05) is 0 Å². The van der Waals surface area contributed by atoms with Gasteiger partial charge in [0.25, 0.3) is 0 Å². The molecule has 1 N–H and O–H groups in total. The van der Waals surface area contributed by atoms with Gasteiger partial charge in [-0.1, -0.05) is 15.9 Å². The summed E-state index contributed by atoms with van der Waals surface area (Å²) in [4.78, 5) is 11.1. The molecule has 5 heteroatoms. The van der Waals surface area contributed by atoms with Crippen molar-refractivity contribution in [2.24, 2.45) is 0 Å². The number of alkyl halides is 1. The lowest BCUT2D eigenvalue weighted by Crippen LogP contribution is -2.14. The zero-order valence-corrected chi connectivity index (χ0v) is 9.91. The topological polar surface area (TPSA) is 47.6 Å². The molecule has 1 aromatic rings. The van der Waals surface area contributed by atoms with E-state index < -0.39 is 6.09 Å². The minimum Gasteiger partial charge on any atom is -0.497 e. The fraction of sp³-hybridized carbons (Fsp3) is 0.300. The zero-order chi connectivity index (χ0) is 11.1. The number of hydrogen-bond donors (Lipinski definition) is 1. The summed E-state index contributed by atoms with van der Waals surface area (Å²) < 4.78 is 9.81. The maximum absolute atomic E-state index is 11.1. The average Bonchev–Trinajstić information content (AvgIpc) is 2.27. The number of ether oxygens (including phenoxy) is 2. The lowest BCUT2D eigenvalue weighted by molar-refractivity contribution is 0.169. The van der Waals surface area contributed by atoms with E-state index in [4.69, 9.17) is 9.47 Å². The van der Waals surface area contributed by atoms with Crippen LogP contribution in [0.25, 0.3) is 0 Å². The van der Waals surface area contributed by atoms with Gasteiger partial charge in [0.1, 0.15) is 12.4 Å². The van der Waals surface area contributed by atoms with Crippen LogP contribution < -0.4 is 10.1 Å². The maximum Gasteiger partial charge on any atom is 0.411 e. The third kappa shape index (κ3) is 4.20. The molecule has 0 aromatic heterocycles. The molecule has 0 fully saturated rings. The lowest BCUT2D eigenvalue weighted by atomic mass is 10.3. The highest BCUT2D eigenvalue weighted by Crippen LogP contribution is 2.14. The average molecular weight is 274 g/mol. The highest BCUT2D eigenvalue weighted by atomic mass is 79.9. The number of amides is 1. The molecule has 1 amide bonds. The van der Waals surface area contributed by atoms with Crippen LogP contribution in [0.3, 0.4) is 0 Å². The van der Waals surface area contributed by atoms with Gasteiger partial charge in [-0.2, -0.15) is 0 Å². The first-order valence-electron chi connectivity index (χ1n) is 4.40. The monoisotopic (exact) mass is 273 g/mol. The Morgan fingerprint density at radius 1 is 1.40 bits per heavy atom. The van der Waals surface area contributed by atoms with Crippen LogP contribution in [0, 0.1) is 0 Å². The van der Waals surface area contributed by atoms with Crippen molar-refractivity contribution >= 4 is 27.7 Å². The molecule has 0 atom stereocenters. The largest absolute Gasteiger partial charge is 0.497 e. The van der Waals surface area contributed by atoms with Crippen LogP contribution in [0.5, 0.6) is 5.75 Å². The lowest BCUT2D eigenvalue weighted by Gasteiger charge is -2.06. The number of methoxy groups -OCH3 is 1. The van der Waals surface area contributed by atoms with Crippen LogP contribution in [0.2, 0.25) is 0 Å². The van der Waals surface area contributed by atoms with Gasteiger partial charge < -0.3 is 9.47 Å². The molecule has 0 unspecified atom stereocenters. The molecule has 0 aliphatic heterocycles. The van der Waals surface area contributed by atoms with Gasteiger partial charge >= 0.3 is 6.09 Å². The Balaban J connectivity index is 2.46. The van der Waals surface area contributed by atoms with Crippen molar-refractivity contribution in [3.63, 3.8) is 0 Å². The van der Waals surface area contributed by atoms with E-state index in [-0.39, 0.29) is 0 Å². The number of nitrogens with one attached hydrogen (secondary N) is 1. The first kappa shape index (κ1) is 11.8. The standard InChI is InChI=1S/C10H12BrNO3/c1-14-9-4-2-8(3-5-9)12-10(13)15-7-6-11/h2-5H,6-7H2,1H3,(H,12,13). The zero-order valence-electron chi connectivity index (χ0n) is 8.33. The van der Waals surface area contributed by atoms with Gasteiger partial charge in [0.15, 0.2) is 0 Å². The van der Waals surface area contributed by atoms with E-state index in [1.54, 1.807) is 31.4 Å². The third-order valence-corrected chi connectivity index (χ3v) is 1.97. The number of carbonyl (C=O) groups is 1. The smallest absolute Gasteiger partial charge is 0.411 e. The van der Waals surface area contributed by atoms with Crippen molar-refractivity contribution < 1.29 is 14.3 Å². The fourth-order valence-electron chi connectivity index (χ4n) is 0.960. The normalized spacial score (nSPS) is 9.47. The Bertz CT molecular complexity index is 313. The second-order valence-electron chi connectivity index (χ2n) is 2.68. The first-order valence-corrected chi connectivity index (χ1v) is 5.52. The Morgan fingerprint density at radius 3 is 2.60 bits per heavy atom. The molecule has 0 saturated heterocycles. The van der Waals surface area contributed by atoms with Crippen LogP contribution in [0.15, 0.2) is 24.3 Å². The predicted octanol–water partition coefficient (Wildman–Crippen LogP) is 2.64.